The molecule has 0 radical (unpaired) electrons. The van der Waals surface area contributed by atoms with Crippen molar-refractivity contribution in [1.82, 2.24) is 4.90 Å². The average Bonchev–Trinajstić information content (AvgIpc) is 2.75. The van der Waals surface area contributed by atoms with Crippen LogP contribution in [-0.2, 0) is 4.79 Å². The molecule has 23 heavy (non-hydrogen) atoms. The van der Waals surface area contributed by atoms with E-state index < -0.39 is 0 Å². The van der Waals surface area contributed by atoms with Crippen molar-refractivity contribution in [2.24, 2.45) is 11.3 Å². The van der Waals surface area contributed by atoms with Crippen molar-refractivity contribution in [1.29, 1.82) is 0 Å². The summed E-state index contributed by atoms with van der Waals surface area (Å²) in [7, 11) is 0. The Morgan fingerprint density at radius 2 is 1.91 bits per heavy atom. The van der Waals surface area contributed by atoms with Gasteiger partial charge in [0.2, 0.25) is 5.91 Å². The second-order valence-electron chi connectivity index (χ2n) is 7.75. The summed E-state index contributed by atoms with van der Waals surface area (Å²) in [6.45, 7) is 9.24. The van der Waals surface area contributed by atoms with Gasteiger partial charge in [-0.05, 0) is 48.4 Å². The zero-order valence-corrected chi connectivity index (χ0v) is 14.4. The maximum absolute atomic E-state index is 13.3. The summed E-state index contributed by atoms with van der Waals surface area (Å²) in [5.74, 6) is 0.559. The van der Waals surface area contributed by atoms with E-state index in [0.29, 0.717) is 12.3 Å². The number of piperidine rings is 1. The Bertz CT molecular complexity index is 569. The maximum Gasteiger partial charge on any atom is 0.222 e. The van der Waals surface area contributed by atoms with E-state index in [1.807, 2.05) is 12.1 Å². The monoisotopic (exact) mass is 318 g/mol. The lowest BCUT2D eigenvalue weighted by atomic mass is 9.73. The molecule has 126 valence electrons. The lowest BCUT2D eigenvalue weighted by molar-refractivity contribution is -0.131. The van der Waals surface area contributed by atoms with E-state index in [1.54, 1.807) is 0 Å². The SMILES string of the molecule is CCCC(=O)N1CC2CN(c3ccc(F)cc3)[C@H](C1)C(C)(C)C2. The van der Waals surface area contributed by atoms with Crippen LogP contribution >= 0.6 is 0 Å². The normalized spacial score (nSPS) is 26.3. The molecule has 3 aliphatic heterocycles. The molecule has 0 spiro atoms. The van der Waals surface area contributed by atoms with Gasteiger partial charge in [-0.2, -0.15) is 0 Å². The molecular formula is C19H27FN2O. The molecule has 0 aliphatic carbocycles. The van der Waals surface area contributed by atoms with Gasteiger partial charge in [0.1, 0.15) is 5.82 Å². The Balaban J connectivity index is 1.89. The molecule has 1 amide bonds. The van der Waals surface area contributed by atoms with Crippen molar-refractivity contribution in [3.8, 4) is 0 Å². The Morgan fingerprint density at radius 3 is 2.57 bits per heavy atom. The van der Waals surface area contributed by atoms with Gasteiger partial charge in [-0.1, -0.05) is 20.8 Å². The summed E-state index contributed by atoms with van der Waals surface area (Å²) in [6.07, 6.45) is 2.68. The van der Waals surface area contributed by atoms with Crippen molar-refractivity contribution < 1.29 is 9.18 Å². The summed E-state index contributed by atoms with van der Waals surface area (Å²) in [5, 5.41) is 0. The summed E-state index contributed by atoms with van der Waals surface area (Å²) < 4.78 is 13.3. The van der Waals surface area contributed by atoms with E-state index >= 15 is 0 Å². The zero-order chi connectivity index (χ0) is 16.6. The number of amides is 1. The van der Waals surface area contributed by atoms with Gasteiger partial charge in [0.05, 0.1) is 6.04 Å². The third kappa shape index (κ3) is 3.22. The molecule has 3 fully saturated rings. The number of fused-ring (bicyclic) bond motifs is 4. The fraction of sp³-hybridized carbons (Fsp3) is 0.632. The van der Waals surface area contributed by atoms with Crippen LogP contribution in [0.3, 0.4) is 0 Å². The number of benzene rings is 1. The summed E-state index contributed by atoms with van der Waals surface area (Å²) in [4.78, 5) is 16.9. The Kier molecular flexibility index (Phi) is 4.35. The van der Waals surface area contributed by atoms with Crippen molar-refractivity contribution in [3.05, 3.63) is 30.1 Å². The molecule has 0 N–H and O–H groups in total. The topological polar surface area (TPSA) is 23.6 Å². The minimum absolute atomic E-state index is 0.151. The fourth-order valence-corrected chi connectivity index (χ4v) is 4.33. The molecule has 1 aromatic carbocycles. The van der Waals surface area contributed by atoms with E-state index in [4.69, 9.17) is 0 Å². The van der Waals surface area contributed by atoms with Gasteiger partial charge in [-0.25, -0.2) is 4.39 Å². The molecule has 2 bridgehead atoms. The average molecular weight is 318 g/mol. The lowest BCUT2D eigenvalue weighted by Gasteiger charge is -2.48. The molecular weight excluding hydrogens is 291 g/mol. The third-order valence-corrected chi connectivity index (χ3v) is 5.39. The van der Waals surface area contributed by atoms with Gasteiger partial charge in [0.25, 0.3) is 0 Å². The van der Waals surface area contributed by atoms with Crippen molar-refractivity contribution in [3.63, 3.8) is 0 Å². The van der Waals surface area contributed by atoms with Crippen LogP contribution in [-0.4, -0.2) is 36.5 Å². The zero-order valence-electron chi connectivity index (χ0n) is 14.4. The van der Waals surface area contributed by atoms with E-state index in [0.717, 1.165) is 38.2 Å². The van der Waals surface area contributed by atoms with Crippen LogP contribution in [0.15, 0.2) is 24.3 Å². The van der Waals surface area contributed by atoms with Gasteiger partial charge in [0.15, 0.2) is 0 Å². The van der Waals surface area contributed by atoms with E-state index in [1.165, 1.54) is 12.1 Å². The Morgan fingerprint density at radius 1 is 1.22 bits per heavy atom. The van der Waals surface area contributed by atoms with Crippen molar-refractivity contribution >= 4 is 11.6 Å². The highest BCUT2D eigenvalue weighted by Crippen LogP contribution is 2.43. The predicted molar refractivity (Wildman–Crippen MR) is 90.9 cm³/mol. The first-order valence-corrected chi connectivity index (χ1v) is 8.70. The minimum Gasteiger partial charge on any atom is -0.366 e. The largest absolute Gasteiger partial charge is 0.366 e. The van der Waals surface area contributed by atoms with Gasteiger partial charge < -0.3 is 9.80 Å². The minimum atomic E-state index is -0.201. The molecule has 3 saturated heterocycles. The number of anilines is 1. The van der Waals surface area contributed by atoms with Gasteiger partial charge in [-0.15, -0.1) is 0 Å². The van der Waals surface area contributed by atoms with Gasteiger partial charge in [0, 0.05) is 31.7 Å². The van der Waals surface area contributed by atoms with Crippen LogP contribution in [0.5, 0.6) is 0 Å². The molecule has 1 aromatic rings. The maximum atomic E-state index is 13.3. The van der Waals surface area contributed by atoms with Crippen LogP contribution in [0.25, 0.3) is 0 Å². The van der Waals surface area contributed by atoms with E-state index in [-0.39, 0.29) is 23.2 Å². The van der Waals surface area contributed by atoms with Crippen LogP contribution in [0, 0.1) is 17.2 Å². The molecule has 0 saturated carbocycles. The number of carbonyl (C=O) groups excluding carboxylic acids is 1. The number of nitrogens with zero attached hydrogens (tertiary/aromatic N) is 2. The molecule has 3 aliphatic rings. The van der Waals surface area contributed by atoms with Crippen LogP contribution < -0.4 is 4.90 Å². The molecule has 4 heteroatoms. The lowest BCUT2D eigenvalue weighted by Crippen LogP contribution is -2.54. The van der Waals surface area contributed by atoms with Crippen LogP contribution in [0.4, 0.5) is 10.1 Å². The second kappa shape index (κ2) is 6.14. The first kappa shape index (κ1) is 16.3. The van der Waals surface area contributed by atoms with E-state index in [2.05, 4.69) is 30.6 Å². The standard InChI is InChI=1S/C19H27FN2O/c1-4-5-18(23)21-11-14-10-19(2,3)17(13-21)22(12-14)16-8-6-15(20)7-9-16/h6-9,14,17H,4-5,10-13H2,1-3H3/t14?,17-/m1/s1. The smallest absolute Gasteiger partial charge is 0.222 e. The molecule has 3 nitrogen and oxygen atoms in total. The molecule has 0 aromatic heterocycles. The fourth-order valence-electron chi connectivity index (χ4n) is 4.33. The van der Waals surface area contributed by atoms with E-state index in [9.17, 15) is 9.18 Å². The Hall–Kier alpha value is -1.58. The first-order chi connectivity index (χ1) is 10.9. The predicted octanol–water partition coefficient (Wildman–Crippen LogP) is 3.69. The Labute approximate surface area is 138 Å². The highest BCUT2D eigenvalue weighted by molar-refractivity contribution is 5.76. The number of hydrogen-bond acceptors (Lipinski definition) is 2. The first-order valence-electron chi connectivity index (χ1n) is 8.70. The molecule has 2 atom stereocenters. The molecule has 3 heterocycles. The number of halogens is 1. The van der Waals surface area contributed by atoms with Crippen molar-refractivity contribution in [2.45, 2.75) is 46.1 Å². The molecule has 1 unspecified atom stereocenters. The quantitative estimate of drug-likeness (QED) is 0.848. The second-order valence-corrected chi connectivity index (χ2v) is 7.75. The summed E-state index contributed by atoms with van der Waals surface area (Å²) in [6, 6.07) is 7.07. The number of carbonyl (C=O) groups is 1. The third-order valence-electron chi connectivity index (χ3n) is 5.39. The van der Waals surface area contributed by atoms with Gasteiger partial charge >= 0.3 is 0 Å². The van der Waals surface area contributed by atoms with Gasteiger partial charge in [-0.3, -0.25) is 4.79 Å². The highest BCUT2D eigenvalue weighted by atomic mass is 19.1. The van der Waals surface area contributed by atoms with Crippen molar-refractivity contribution in [2.75, 3.05) is 24.5 Å². The van der Waals surface area contributed by atoms with Crippen LogP contribution in [0.2, 0.25) is 0 Å². The summed E-state index contributed by atoms with van der Waals surface area (Å²) >= 11 is 0. The summed E-state index contributed by atoms with van der Waals surface area (Å²) in [5.41, 5.74) is 1.22. The highest BCUT2D eigenvalue weighted by Gasteiger charge is 2.46. The molecule has 4 rings (SSSR count). The van der Waals surface area contributed by atoms with Crippen LogP contribution in [0.1, 0.15) is 40.0 Å². The number of hydrogen-bond donors (Lipinski definition) is 0. The number of rotatable bonds is 3.